The molecule has 0 radical (unpaired) electrons. The zero-order chi connectivity index (χ0) is 7.56. The summed E-state index contributed by atoms with van der Waals surface area (Å²) in [7, 11) is 1.57. The van der Waals surface area contributed by atoms with Crippen LogP contribution in [0.5, 0.6) is 5.88 Å². The van der Waals surface area contributed by atoms with Crippen LogP contribution in [0.1, 0.15) is 5.56 Å². The number of aromatic nitrogens is 1. The number of rotatable bonds is 1. The molecule has 0 fully saturated rings. The van der Waals surface area contributed by atoms with E-state index in [2.05, 4.69) is 4.98 Å². The van der Waals surface area contributed by atoms with E-state index in [4.69, 9.17) is 10.5 Å². The van der Waals surface area contributed by atoms with Gasteiger partial charge >= 0.3 is 0 Å². The van der Waals surface area contributed by atoms with E-state index in [1.54, 1.807) is 13.2 Å². The molecule has 3 nitrogen and oxygen atoms in total. The van der Waals surface area contributed by atoms with Crippen molar-refractivity contribution < 1.29 is 4.74 Å². The lowest BCUT2D eigenvalue weighted by atomic mass is 10.3. The van der Waals surface area contributed by atoms with Gasteiger partial charge in [-0.15, -0.1) is 12.4 Å². The standard InChI is InChI=1S/C7H10N2O.ClH/c1-5-3-4-6(10-2)9-7(5)8;/h3-4H,1-2H3,(H2,8,9);1H. The molecule has 0 amide bonds. The Bertz CT molecular complexity index is 240. The molecule has 0 saturated carbocycles. The maximum Gasteiger partial charge on any atom is 0.214 e. The Hall–Kier alpha value is -0.960. The first-order chi connectivity index (χ1) is 4.74. The Morgan fingerprint density at radius 2 is 2.09 bits per heavy atom. The maximum absolute atomic E-state index is 5.51. The van der Waals surface area contributed by atoms with Crippen LogP contribution in [0.25, 0.3) is 0 Å². The zero-order valence-corrected chi connectivity index (χ0v) is 7.31. The predicted molar refractivity (Wildman–Crippen MR) is 47.2 cm³/mol. The maximum atomic E-state index is 5.51. The quantitative estimate of drug-likeness (QED) is 0.700. The number of nitrogens with zero attached hydrogens (tertiary/aromatic N) is 1. The number of methoxy groups -OCH3 is 1. The monoisotopic (exact) mass is 174 g/mol. The SMILES string of the molecule is COc1ccc(C)c(N)n1.Cl. The highest BCUT2D eigenvalue weighted by Crippen LogP contribution is 2.12. The minimum Gasteiger partial charge on any atom is -0.481 e. The molecule has 0 saturated heterocycles. The molecule has 11 heavy (non-hydrogen) atoms. The van der Waals surface area contributed by atoms with Gasteiger partial charge in [0.15, 0.2) is 0 Å². The summed E-state index contributed by atoms with van der Waals surface area (Å²) in [5, 5.41) is 0. The van der Waals surface area contributed by atoms with E-state index in [1.807, 2.05) is 13.0 Å². The number of hydrogen-bond acceptors (Lipinski definition) is 3. The number of anilines is 1. The molecule has 1 rings (SSSR count). The Kier molecular flexibility index (Phi) is 3.68. The van der Waals surface area contributed by atoms with Gasteiger partial charge in [-0.1, -0.05) is 6.07 Å². The average Bonchev–Trinajstić information content (AvgIpc) is 1.95. The first-order valence-corrected chi connectivity index (χ1v) is 3.01. The lowest BCUT2D eigenvalue weighted by Crippen LogP contribution is -1.95. The number of hydrogen-bond donors (Lipinski definition) is 1. The van der Waals surface area contributed by atoms with E-state index in [1.165, 1.54) is 0 Å². The van der Waals surface area contributed by atoms with Crippen LogP contribution in [-0.4, -0.2) is 12.1 Å². The van der Waals surface area contributed by atoms with E-state index in [-0.39, 0.29) is 12.4 Å². The molecule has 0 unspecified atom stereocenters. The fourth-order valence-electron chi connectivity index (χ4n) is 0.640. The molecular formula is C7H11ClN2O. The van der Waals surface area contributed by atoms with Crippen molar-refractivity contribution in [1.82, 2.24) is 4.98 Å². The number of nitrogens with two attached hydrogens (primary N) is 1. The molecule has 1 aromatic heterocycles. The van der Waals surface area contributed by atoms with Gasteiger partial charge in [0.2, 0.25) is 5.88 Å². The number of nitrogen functional groups attached to an aromatic ring is 1. The molecule has 1 aromatic rings. The van der Waals surface area contributed by atoms with Crippen LogP contribution in [0.3, 0.4) is 0 Å². The minimum atomic E-state index is 0. The van der Waals surface area contributed by atoms with Crippen LogP contribution in [-0.2, 0) is 0 Å². The number of aryl methyl sites for hydroxylation is 1. The highest BCUT2D eigenvalue weighted by atomic mass is 35.5. The average molecular weight is 175 g/mol. The van der Waals surface area contributed by atoms with E-state index in [0.29, 0.717) is 11.7 Å². The van der Waals surface area contributed by atoms with Crippen molar-refractivity contribution in [2.24, 2.45) is 0 Å². The van der Waals surface area contributed by atoms with Gasteiger partial charge in [-0.25, -0.2) is 0 Å². The molecule has 2 N–H and O–H groups in total. The minimum absolute atomic E-state index is 0. The van der Waals surface area contributed by atoms with Gasteiger partial charge in [-0.2, -0.15) is 4.98 Å². The summed E-state index contributed by atoms with van der Waals surface area (Å²) in [6.45, 7) is 1.90. The van der Waals surface area contributed by atoms with Crippen molar-refractivity contribution in [3.63, 3.8) is 0 Å². The highest BCUT2D eigenvalue weighted by Gasteiger charge is 1.95. The Labute approximate surface area is 72.0 Å². The van der Waals surface area contributed by atoms with Gasteiger partial charge in [0.1, 0.15) is 5.82 Å². The summed E-state index contributed by atoms with van der Waals surface area (Å²) < 4.78 is 4.86. The first-order valence-electron chi connectivity index (χ1n) is 3.01. The zero-order valence-electron chi connectivity index (χ0n) is 6.50. The molecule has 4 heteroatoms. The Morgan fingerprint density at radius 3 is 2.55 bits per heavy atom. The lowest BCUT2D eigenvalue weighted by Gasteiger charge is -2.00. The van der Waals surface area contributed by atoms with Crippen LogP contribution in [0.15, 0.2) is 12.1 Å². The van der Waals surface area contributed by atoms with E-state index in [9.17, 15) is 0 Å². The van der Waals surface area contributed by atoms with Gasteiger partial charge in [-0.3, -0.25) is 0 Å². The topological polar surface area (TPSA) is 48.1 Å². The summed E-state index contributed by atoms with van der Waals surface area (Å²) in [6, 6.07) is 3.66. The van der Waals surface area contributed by atoms with Crippen LogP contribution >= 0.6 is 12.4 Å². The third-order valence-corrected chi connectivity index (χ3v) is 1.32. The van der Waals surface area contributed by atoms with Crippen molar-refractivity contribution in [1.29, 1.82) is 0 Å². The van der Waals surface area contributed by atoms with Crippen LogP contribution < -0.4 is 10.5 Å². The molecule has 62 valence electrons. The summed E-state index contributed by atoms with van der Waals surface area (Å²) in [4.78, 5) is 3.95. The third-order valence-electron chi connectivity index (χ3n) is 1.32. The number of ether oxygens (including phenoxy) is 1. The fraction of sp³-hybridized carbons (Fsp3) is 0.286. The van der Waals surface area contributed by atoms with E-state index in [0.717, 1.165) is 5.56 Å². The summed E-state index contributed by atoms with van der Waals surface area (Å²) in [6.07, 6.45) is 0. The second-order valence-electron chi connectivity index (χ2n) is 2.06. The second-order valence-corrected chi connectivity index (χ2v) is 2.06. The summed E-state index contributed by atoms with van der Waals surface area (Å²) in [5.74, 6) is 1.09. The normalized spacial score (nSPS) is 8.55. The van der Waals surface area contributed by atoms with Gasteiger partial charge in [-0.05, 0) is 12.5 Å². The summed E-state index contributed by atoms with van der Waals surface area (Å²) >= 11 is 0. The van der Waals surface area contributed by atoms with Crippen LogP contribution in [0.2, 0.25) is 0 Å². The predicted octanol–water partition coefficient (Wildman–Crippen LogP) is 1.40. The lowest BCUT2D eigenvalue weighted by molar-refractivity contribution is 0.398. The van der Waals surface area contributed by atoms with E-state index < -0.39 is 0 Å². The molecule has 0 aliphatic rings. The molecule has 0 aliphatic carbocycles. The van der Waals surface area contributed by atoms with Crippen molar-refractivity contribution in [3.05, 3.63) is 17.7 Å². The Balaban J connectivity index is 0.000001000. The summed E-state index contributed by atoms with van der Waals surface area (Å²) in [5.41, 5.74) is 6.48. The smallest absolute Gasteiger partial charge is 0.214 e. The Morgan fingerprint density at radius 1 is 1.45 bits per heavy atom. The van der Waals surface area contributed by atoms with E-state index >= 15 is 0 Å². The van der Waals surface area contributed by atoms with Crippen molar-refractivity contribution in [2.75, 3.05) is 12.8 Å². The van der Waals surface area contributed by atoms with Gasteiger partial charge in [0.05, 0.1) is 7.11 Å². The van der Waals surface area contributed by atoms with Gasteiger partial charge in [0.25, 0.3) is 0 Å². The fourth-order valence-corrected chi connectivity index (χ4v) is 0.640. The molecule has 0 atom stereocenters. The molecule has 1 heterocycles. The van der Waals surface area contributed by atoms with Gasteiger partial charge < -0.3 is 10.5 Å². The van der Waals surface area contributed by atoms with Crippen LogP contribution in [0.4, 0.5) is 5.82 Å². The van der Waals surface area contributed by atoms with Crippen molar-refractivity contribution >= 4 is 18.2 Å². The molecule has 0 aromatic carbocycles. The third kappa shape index (κ3) is 2.27. The largest absolute Gasteiger partial charge is 0.481 e. The number of pyridine rings is 1. The number of halogens is 1. The second kappa shape index (κ2) is 4.03. The molecular weight excluding hydrogens is 164 g/mol. The molecule has 0 spiro atoms. The van der Waals surface area contributed by atoms with Crippen molar-refractivity contribution in [2.45, 2.75) is 6.92 Å². The van der Waals surface area contributed by atoms with Crippen molar-refractivity contribution in [3.8, 4) is 5.88 Å². The van der Waals surface area contributed by atoms with Gasteiger partial charge in [0, 0.05) is 6.07 Å². The molecule has 0 bridgehead atoms. The first kappa shape index (κ1) is 10.0. The highest BCUT2D eigenvalue weighted by molar-refractivity contribution is 5.85. The molecule has 0 aliphatic heterocycles. The van der Waals surface area contributed by atoms with Crippen LogP contribution in [0, 0.1) is 6.92 Å².